The van der Waals surface area contributed by atoms with E-state index in [4.69, 9.17) is 4.74 Å². The van der Waals surface area contributed by atoms with E-state index < -0.39 is 0 Å². The van der Waals surface area contributed by atoms with E-state index in [-0.39, 0.29) is 5.91 Å². The topological polar surface area (TPSA) is 32.8 Å². The van der Waals surface area contributed by atoms with E-state index in [0.717, 1.165) is 11.4 Å². The SMILES string of the molecule is COCN1C(=O)CN(C)c2ccccc21. The molecular weight excluding hydrogens is 192 g/mol. The van der Waals surface area contributed by atoms with Crippen molar-refractivity contribution < 1.29 is 9.53 Å². The van der Waals surface area contributed by atoms with Crippen LogP contribution < -0.4 is 9.80 Å². The number of ether oxygens (including phenoxy) is 1. The Balaban J connectivity index is 2.42. The molecule has 15 heavy (non-hydrogen) atoms. The number of para-hydroxylation sites is 2. The quantitative estimate of drug-likeness (QED) is 0.725. The molecule has 1 aliphatic heterocycles. The Hall–Kier alpha value is -1.55. The Bertz CT molecular complexity index is 379. The second-order valence-electron chi connectivity index (χ2n) is 3.58. The average molecular weight is 206 g/mol. The molecule has 2 rings (SSSR count). The molecule has 0 spiro atoms. The van der Waals surface area contributed by atoms with Gasteiger partial charge in [0, 0.05) is 14.2 Å². The summed E-state index contributed by atoms with van der Waals surface area (Å²) in [4.78, 5) is 15.4. The van der Waals surface area contributed by atoms with Crippen molar-refractivity contribution in [1.29, 1.82) is 0 Å². The van der Waals surface area contributed by atoms with Crippen molar-refractivity contribution in [3.8, 4) is 0 Å². The van der Waals surface area contributed by atoms with Crippen LogP contribution in [0.15, 0.2) is 24.3 Å². The maximum Gasteiger partial charge on any atom is 0.248 e. The summed E-state index contributed by atoms with van der Waals surface area (Å²) in [6, 6.07) is 7.83. The first-order chi connectivity index (χ1) is 7.24. The molecule has 1 aliphatic rings. The smallest absolute Gasteiger partial charge is 0.248 e. The van der Waals surface area contributed by atoms with Gasteiger partial charge in [-0.2, -0.15) is 0 Å². The van der Waals surface area contributed by atoms with E-state index in [0.29, 0.717) is 13.3 Å². The van der Waals surface area contributed by atoms with Crippen LogP contribution in [-0.4, -0.2) is 33.3 Å². The zero-order chi connectivity index (χ0) is 10.8. The van der Waals surface area contributed by atoms with E-state index in [9.17, 15) is 4.79 Å². The summed E-state index contributed by atoms with van der Waals surface area (Å²) in [5, 5.41) is 0. The fourth-order valence-corrected chi connectivity index (χ4v) is 1.79. The highest BCUT2D eigenvalue weighted by atomic mass is 16.5. The average Bonchev–Trinajstić information content (AvgIpc) is 2.24. The molecule has 0 saturated carbocycles. The summed E-state index contributed by atoms with van der Waals surface area (Å²) in [5.74, 6) is 0.0676. The summed E-state index contributed by atoms with van der Waals surface area (Å²) >= 11 is 0. The Morgan fingerprint density at radius 1 is 1.33 bits per heavy atom. The van der Waals surface area contributed by atoms with Crippen LogP contribution in [0, 0.1) is 0 Å². The lowest BCUT2D eigenvalue weighted by atomic mass is 10.2. The van der Waals surface area contributed by atoms with Crippen molar-refractivity contribution in [3.05, 3.63) is 24.3 Å². The standard InChI is InChI=1S/C11H14N2O2/c1-12-7-11(14)13(8-15-2)10-6-4-3-5-9(10)12/h3-6H,7-8H2,1-2H3. The van der Waals surface area contributed by atoms with Crippen LogP contribution in [0.4, 0.5) is 11.4 Å². The normalized spacial score (nSPS) is 15.5. The first-order valence-electron chi connectivity index (χ1n) is 4.83. The van der Waals surface area contributed by atoms with E-state index in [1.165, 1.54) is 0 Å². The third-order valence-electron chi connectivity index (χ3n) is 2.52. The largest absolute Gasteiger partial charge is 0.364 e. The summed E-state index contributed by atoms with van der Waals surface area (Å²) < 4.78 is 5.03. The van der Waals surface area contributed by atoms with Crippen molar-refractivity contribution in [1.82, 2.24) is 0 Å². The number of carbonyl (C=O) groups is 1. The number of amides is 1. The number of carbonyl (C=O) groups excluding carboxylic acids is 1. The van der Waals surface area contributed by atoms with E-state index in [1.807, 2.05) is 36.2 Å². The van der Waals surface area contributed by atoms with Crippen LogP contribution in [0.2, 0.25) is 0 Å². The number of methoxy groups -OCH3 is 1. The van der Waals surface area contributed by atoms with Crippen LogP contribution >= 0.6 is 0 Å². The molecule has 0 aliphatic carbocycles. The molecule has 4 nitrogen and oxygen atoms in total. The Labute approximate surface area is 89.0 Å². The molecule has 0 aromatic heterocycles. The van der Waals surface area contributed by atoms with Crippen molar-refractivity contribution in [3.63, 3.8) is 0 Å². The van der Waals surface area contributed by atoms with Gasteiger partial charge in [0.25, 0.3) is 0 Å². The summed E-state index contributed by atoms with van der Waals surface area (Å²) in [7, 11) is 3.51. The van der Waals surface area contributed by atoms with Crippen LogP contribution in [0.25, 0.3) is 0 Å². The first-order valence-corrected chi connectivity index (χ1v) is 4.83. The monoisotopic (exact) mass is 206 g/mol. The number of anilines is 2. The highest BCUT2D eigenvalue weighted by molar-refractivity contribution is 6.02. The van der Waals surface area contributed by atoms with Gasteiger partial charge in [-0.15, -0.1) is 0 Å². The van der Waals surface area contributed by atoms with E-state index >= 15 is 0 Å². The zero-order valence-corrected chi connectivity index (χ0v) is 8.93. The summed E-state index contributed by atoms with van der Waals surface area (Å²) in [6.45, 7) is 0.712. The first kappa shape index (κ1) is 9.98. The van der Waals surface area contributed by atoms with Crippen molar-refractivity contribution in [2.45, 2.75) is 0 Å². The number of nitrogens with zero attached hydrogens (tertiary/aromatic N) is 2. The molecule has 1 aromatic carbocycles. The second kappa shape index (κ2) is 3.90. The molecule has 0 unspecified atom stereocenters. The third-order valence-corrected chi connectivity index (χ3v) is 2.52. The minimum absolute atomic E-state index is 0.0676. The van der Waals surface area contributed by atoms with Gasteiger partial charge in [0.2, 0.25) is 5.91 Å². The Morgan fingerprint density at radius 3 is 2.67 bits per heavy atom. The molecule has 0 N–H and O–H groups in total. The lowest BCUT2D eigenvalue weighted by Crippen LogP contribution is -2.45. The number of fused-ring (bicyclic) bond motifs is 1. The van der Waals surface area contributed by atoms with Gasteiger partial charge in [-0.1, -0.05) is 12.1 Å². The third kappa shape index (κ3) is 1.68. The lowest BCUT2D eigenvalue weighted by Gasteiger charge is -2.34. The molecule has 1 aromatic rings. The van der Waals surface area contributed by atoms with Gasteiger partial charge >= 0.3 is 0 Å². The van der Waals surface area contributed by atoms with Gasteiger partial charge < -0.3 is 9.64 Å². The highest BCUT2D eigenvalue weighted by Crippen LogP contribution is 2.31. The van der Waals surface area contributed by atoms with Crippen molar-refractivity contribution >= 4 is 17.3 Å². The number of benzene rings is 1. The second-order valence-corrected chi connectivity index (χ2v) is 3.58. The van der Waals surface area contributed by atoms with Crippen molar-refractivity contribution in [2.75, 3.05) is 37.2 Å². The molecule has 0 bridgehead atoms. The van der Waals surface area contributed by atoms with Gasteiger partial charge in [0.05, 0.1) is 17.9 Å². The zero-order valence-electron chi connectivity index (χ0n) is 8.93. The number of hydrogen-bond acceptors (Lipinski definition) is 3. The minimum atomic E-state index is 0.0676. The number of hydrogen-bond donors (Lipinski definition) is 0. The number of likely N-dealkylation sites (N-methyl/N-ethyl adjacent to an activating group) is 1. The van der Waals surface area contributed by atoms with Gasteiger partial charge in [0.1, 0.15) is 6.73 Å². The predicted octanol–water partition coefficient (Wildman–Crippen LogP) is 1.07. The molecule has 1 amide bonds. The molecule has 80 valence electrons. The van der Waals surface area contributed by atoms with Crippen LogP contribution in [0.5, 0.6) is 0 Å². The van der Waals surface area contributed by atoms with Crippen LogP contribution in [0.1, 0.15) is 0 Å². The van der Waals surface area contributed by atoms with Gasteiger partial charge in [-0.25, -0.2) is 0 Å². The molecule has 4 heteroatoms. The fourth-order valence-electron chi connectivity index (χ4n) is 1.79. The molecule has 0 saturated heterocycles. The van der Waals surface area contributed by atoms with Crippen LogP contribution in [-0.2, 0) is 9.53 Å². The van der Waals surface area contributed by atoms with Crippen LogP contribution in [0.3, 0.4) is 0 Å². The van der Waals surface area contributed by atoms with Gasteiger partial charge in [-0.3, -0.25) is 9.69 Å². The highest BCUT2D eigenvalue weighted by Gasteiger charge is 2.26. The maximum absolute atomic E-state index is 11.8. The lowest BCUT2D eigenvalue weighted by molar-refractivity contribution is -0.118. The van der Waals surface area contributed by atoms with E-state index in [2.05, 4.69) is 0 Å². The van der Waals surface area contributed by atoms with Gasteiger partial charge in [0.15, 0.2) is 0 Å². The van der Waals surface area contributed by atoms with E-state index in [1.54, 1.807) is 12.0 Å². The molecule has 1 heterocycles. The molecular formula is C11H14N2O2. The minimum Gasteiger partial charge on any atom is -0.364 e. The molecule has 0 radical (unpaired) electrons. The molecule has 0 fully saturated rings. The molecule has 0 atom stereocenters. The van der Waals surface area contributed by atoms with Gasteiger partial charge in [-0.05, 0) is 12.1 Å². The number of rotatable bonds is 2. The Morgan fingerprint density at radius 2 is 2.00 bits per heavy atom. The summed E-state index contributed by atoms with van der Waals surface area (Å²) in [5.41, 5.74) is 1.98. The Kier molecular flexibility index (Phi) is 2.60. The maximum atomic E-state index is 11.8. The summed E-state index contributed by atoms with van der Waals surface area (Å²) in [6.07, 6.45) is 0. The predicted molar refractivity (Wildman–Crippen MR) is 59.1 cm³/mol. The van der Waals surface area contributed by atoms with Crippen molar-refractivity contribution in [2.24, 2.45) is 0 Å². The fraction of sp³-hybridized carbons (Fsp3) is 0.364.